The number of halogens is 3. The molecule has 1 aromatic carbocycles. The van der Waals surface area contributed by atoms with Crippen molar-refractivity contribution in [3.05, 3.63) is 29.6 Å². The van der Waals surface area contributed by atoms with Crippen LogP contribution in [0.1, 0.15) is 20.8 Å². The number of anilines is 1. The maximum atomic E-state index is 12.9. The van der Waals surface area contributed by atoms with E-state index in [1.807, 2.05) is 20.8 Å². The third-order valence-corrected chi connectivity index (χ3v) is 1.95. The normalized spacial score (nSPS) is 11.6. The van der Waals surface area contributed by atoms with Gasteiger partial charge in [-0.25, -0.2) is 13.2 Å². The first-order valence-electron chi connectivity index (χ1n) is 5.32. The van der Waals surface area contributed by atoms with Crippen LogP contribution in [0, 0.1) is 17.5 Å². The summed E-state index contributed by atoms with van der Waals surface area (Å²) in [5, 5.41) is 2.75. The van der Waals surface area contributed by atoms with E-state index in [4.69, 9.17) is 4.74 Å². The number of rotatable bonds is 4. The molecule has 0 aromatic heterocycles. The van der Waals surface area contributed by atoms with E-state index in [0.29, 0.717) is 13.2 Å². The lowest BCUT2D eigenvalue weighted by atomic mass is 10.2. The fourth-order valence-electron chi connectivity index (χ4n) is 1.21. The molecule has 1 aromatic rings. The van der Waals surface area contributed by atoms with Gasteiger partial charge in [0.2, 0.25) is 0 Å². The van der Waals surface area contributed by atoms with Crippen molar-refractivity contribution in [1.82, 2.24) is 0 Å². The highest BCUT2D eigenvalue weighted by Gasteiger charge is 2.11. The van der Waals surface area contributed by atoms with E-state index in [1.54, 1.807) is 0 Å². The molecule has 0 bridgehead atoms. The first-order valence-corrected chi connectivity index (χ1v) is 5.32. The first kappa shape index (κ1) is 13.8. The fourth-order valence-corrected chi connectivity index (χ4v) is 1.21. The van der Waals surface area contributed by atoms with Crippen molar-refractivity contribution in [2.24, 2.45) is 0 Å². The van der Waals surface area contributed by atoms with Crippen LogP contribution in [0.25, 0.3) is 0 Å². The van der Waals surface area contributed by atoms with Crippen LogP contribution in [0.4, 0.5) is 18.9 Å². The monoisotopic (exact) mass is 247 g/mol. The minimum Gasteiger partial charge on any atom is -0.383 e. The van der Waals surface area contributed by atoms with E-state index < -0.39 is 17.5 Å². The summed E-state index contributed by atoms with van der Waals surface area (Å²) in [5.41, 5.74) is -0.0695. The van der Waals surface area contributed by atoms with E-state index in [0.717, 1.165) is 12.1 Å². The van der Waals surface area contributed by atoms with Gasteiger partial charge in [-0.1, -0.05) is 0 Å². The highest BCUT2D eigenvalue weighted by atomic mass is 19.2. The Morgan fingerprint density at radius 1 is 1.12 bits per heavy atom. The van der Waals surface area contributed by atoms with E-state index in [9.17, 15) is 13.2 Å². The highest BCUT2D eigenvalue weighted by Crippen LogP contribution is 2.17. The van der Waals surface area contributed by atoms with Crippen molar-refractivity contribution in [3.8, 4) is 0 Å². The molecule has 0 atom stereocenters. The predicted octanol–water partition coefficient (Wildman–Crippen LogP) is 3.33. The molecule has 0 saturated carbocycles. The summed E-state index contributed by atoms with van der Waals surface area (Å²) in [7, 11) is 0. The molecule has 2 nitrogen and oxygen atoms in total. The zero-order valence-corrected chi connectivity index (χ0v) is 10.1. The molecule has 0 radical (unpaired) electrons. The Labute approximate surface area is 98.8 Å². The summed E-state index contributed by atoms with van der Waals surface area (Å²) >= 11 is 0. The Balaban J connectivity index is 2.48. The minimum atomic E-state index is -1.46. The summed E-state index contributed by atoms with van der Waals surface area (Å²) in [4.78, 5) is 0. The van der Waals surface area contributed by atoms with Crippen LogP contribution in [-0.4, -0.2) is 18.8 Å². The Kier molecular flexibility index (Phi) is 4.40. The molecule has 0 fully saturated rings. The molecule has 0 spiro atoms. The Morgan fingerprint density at radius 2 is 1.65 bits per heavy atom. The molecule has 17 heavy (non-hydrogen) atoms. The molecule has 0 aliphatic rings. The van der Waals surface area contributed by atoms with Gasteiger partial charge in [-0.05, 0) is 20.8 Å². The van der Waals surface area contributed by atoms with Crippen molar-refractivity contribution >= 4 is 5.69 Å². The third-order valence-electron chi connectivity index (χ3n) is 1.95. The van der Waals surface area contributed by atoms with E-state index in [2.05, 4.69) is 5.32 Å². The summed E-state index contributed by atoms with van der Waals surface area (Å²) in [5.74, 6) is -3.87. The molecular formula is C12H16F3NO. The number of hydrogen-bond acceptors (Lipinski definition) is 2. The molecule has 0 heterocycles. The van der Waals surface area contributed by atoms with Crippen LogP contribution in [0.3, 0.4) is 0 Å². The lowest BCUT2D eigenvalue weighted by Gasteiger charge is -2.19. The zero-order chi connectivity index (χ0) is 13.1. The van der Waals surface area contributed by atoms with Crippen LogP contribution in [0.2, 0.25) is 0 Å². The first-order chi connectivity index (χ1) is 7.79. The standard InChI is InChI=1S/C12H16F3NO/c1-12(2,3)17-5-4-16-8-6-9(13)11(15)10(14)7-8/h6-7,16H,4-5H2,1-3H3. The summed E-state index contributed by atoms with van der Waals surface area (Å²) < 4.78 is 43.8. The number of ether oxygens (including phenoxy) is 1. The van der Waals surface area contributed by atoms with Crippen molar-refractivity contribution in [2.75, 3.05) is 18.5 Å². The van der Waals surface area contributed by atoms with Gasteiger partial charge in [-0.15, -0.1) is 0 Å². The maximum absolute atomic E-state index is 12.9. The van der Waals surface area contributed by atoms with E-state index in [1.165, 1.54) is 0 Å². The number of nitrogens with one attached hydrogen (secondary N) is 1. The van der Waals surface area contributed by atoms with Gasteiger partial charge in [0.15, 0.2) is 17.5 Å². The Morgan fingerprint density at radius 3 is 2.12 bits per heavy atom. The van der Waals surface area contributed by atoms with Crippen molar-refractivity contribution < 1.29 is 17.9 Å². The fraction of sp³-hybridized carbons (Fsp3) is 0.500. The SMILES string of the molecule is CC(C)(C)OCCNc1cc(F)c(F)c(F)c1. The average Bonchev–Trinajstić information content (AvgIpc) is 2.19. The molecule has 1 rings (SSSR count). The smallest absolute Gasteiger partial charge is 0.194 e. The van der Waals surface area contributed by atoms with Gasteiger partial charge in [0.1, 0.15) is 0 Å². The second kappa shape index (κ2) is 5.40. The molecule has 0 unspecified atom stereocenters. The van der Waals surface area contributed by atoms with Gasteiger partial charge >= 0.3 is 0 Å². The number of hydrogen-bond donors (Lipinski definition) is 1. The molecule has 0 amide bonds. The van der Waals surface area contributed by atoms with Crippen LogP contribution in [0.5, 0.6) is 0 Å². The predicted molar refractivity (Wildman–Crippen MR) is 60.5 cm³/mol. The molecule has 96 valence electrons. The lowest BCUT2D eigenvalue weighted by Crippen LogP contribution is -2.23. The highest BCUT2D eigenvalue weighted by molar-refractivity contribution is 5.44. The molecule has 0 aliphatic heterocycles. The Hall–Kier alpha value is -1.23. The summed E-state index contributed by atoms with van der Waals surface area (Å²) in [6.07, 6.45) is 0. The van der Waals surface area contributed by atoms with Crippen LogP contribution < -0.4 is 5.32 Å². The van der Waals surface area contributed by atoms with Crippen LogP contribution in [0.15, 0.2) is 12.1 Å². The molecule has 5 heteroatoms. The zero-order valence-electron chi connectivity index (χ0n) is 10.1. The van der Waals surface area contributed by atoms with Gasteiger partial charge in [-0.2, -0.15) is 0 Å². The van der Waals surface area contributed by atoms with Gasteiger partial charge in [0.25, 0.3) is 0 Å². The second-order valence-electron chi connectivity index (χ2n) is 4.64. The molecule has 0 saturated heterocycles. The van der Waals surface area contributed by atoms with Crippen molar-refractivity contribution in [3.63, 3.8) is 0 Å². The third kappa shape index (κ3) is 4.65. The van der Waals surface area contributed by atoms with Gasteiger partial charge < -0.3 is 10.1 Å². The van der Waals surface area contributed by atoms with Crippen LogP contribution in [-0.2, 0) is 4.74 Å². The number of benzene rings is 1. The van der Waals surface area contributed by atoms with Gasteiger partial charge in [0.05, 0.1) is 12.2 Å². The topological polar surface area (TPSA) is 21.3 Å². The van der Waals surface area contributed by atoms with Crippen molar-refractivity contribution in [2.45, 2.75) is 26.4 Å². The van der Waals surface area contributed by atoms with E-state index in [-0.39, 0.29) is 11.3 Å². The summed E-state index contributed by atoms with van der Waals surface area (Å²) in [6, 6.07) is 1.82. The summed E-state index contributed by atoms with van der Waals surface area (Å²) in [6.45, 7) is 6.50. The van der Waals surface area contributed by atoms with E-state index >= 15 is 0 Å². The van der Waals surface area contributed by atoms with Crippen molar-refractivity contribution in [1.29, 1.82) is 0 Å². The quantitative estimate of drug-likeness (QED) is 0.651. The molecule has 0 aliphatic carbocycles. The van der Waals surface area contributed by atoms with Gasteiger partial charge in [0, 0.05) is 24.4 Å². The largest absolute Gasteiger partial charge is 0.383 e. The second-order valence-corrected chi connectivity index (χ2v) is 4.64. The lowest BCUT2D eigenvalue weighted by molar-refractivity contribution is 0.00333. The maximum Gasteiger partial charge on any atom is 0.194 e. The molecule has 1 N–H and O–H groups in total. The van der Waals surface area contributed by atoms with Crippen LogP contribution >= 0.6 is 0 Å². The van der Waals surface area contributed by atoms with Gasteiger partial charge in [-0.3, -0.25) is 0 Å². The molecular weight excluding hydrogens is 231 g/mol. The minimum absolute atomic E-state index is 0.193. The Bertz CT molecular complexity index is 365. The average molecular weight is 247 g/mol.